The largest absolute Gasteiger partial charge is 0.354 e. The molecule has 0 aliphatic heterocycles. The zero-order valence-corrected chi connectivity index (χ0v) is 12.6. The molecule has 1 N–H and O–H groups in total. The minimum absolute atomic E-state index is 0.668. The summed E-state index contributed by atoms with van der Waals surface area (Å²) in [5.41, 5.74) is 3.42. The first-order valence-electron chi connectivity index (χ1n) is 7.40. The van der Waals surface area contributed by atoms with Crippen molar-refractivity contribution in [2.75, 3.05) is 11.9 Å². The van der Waals surface area contributed by atoms with Gasteiger partial charge in [-0.15, -0.1) is 0 Å². The molecule has 3 aromatic rings. The summed E-state index contributed by atoms with van der Waals surface area (Å²) in [4.78, 5) is 12.8. The third-order valence-corrected chi connectivity index (χ3v) is 3.47. The zero-order valence-electron chi connectivity index (χ0n) is 12.6. The van der Waals surface area contributed by atoms with Crippen molar-refractivity contribution in [2.45, 2.75) is 19.9 Å². The van der Waals surface area contributed by atoms with Crippen molar-refractivity contribution in [3.63, 3.8) is 0 Å². The van der Waals surface area contributed by atoms with Crippen LogP contribution >= 0.6 is 0 Å². The van der Waals surface area contributed by atoms with E-state index < -0.39 is 0 Å². The number of aromatic nitrogens is 4. The molecule has 0 aliphatic rings. The molecule has 5 heteroatoms. The van der Waals surface area contributed by atoms with Crippen LogP contribution in [0.1, 0.15) is 12.0 Å². The van der Waals surface area contributed by atoms with Crippen LogP contribution in [0, 0.1) is 6.92 Å². The van der Waals surface area contributed by atoms with Crippen molar-refractivity contribution < 1.29 is 0 Å². The van der Waals surface area contributed by atoms with Crippen molar-refractivity contribution in [2.24, 2.45) is 0 Å². The van der Waals surface area contributed by atoms with Gasteiger partial charge in [0.2, 0.25) is 5.95 Å². The fourth-order valence-corrected chi connectivity index (χ4v) is 2.20. The van der Waals surface area contributed by atoms with Crippen molar-refractivity contribution in [1.29, 1.82) is 0 Å². The number of imidazole rings is 1. The highest BCUT2D eigenvalue weighted by Gasteiger charge is 2.00. The molecule has 0 radical (unpaired) electrons. The van der Waals surface area contributed by atoms with E-state index in [4.69, 9.17) is 0 Å². The van der Waals surface area contributed by atoms with E-state index in [0.29, 0.717) is 5.95 Å². The summed E-state index contributed by atoms with van der Waals surface area (Å²) in [6.45, 7) is 3.85. The maximum Gasteiger partial charge on any atom is 0.222 e. The maximum atomic E-state index is 4.37. The molecule has 2 aromatic heterocycles. The quantitative estimate of drug-likeness (QED) is 0.709. The van der Waals surface area contributed by atoms with Crippen molar-refractivity contribution in [3.05, 3.63) is 60.9 Å². The molecule has 0 bridgehead atoms. The Hall–Kier alpha value is -2.69. The van der Waals surface area contributed by atoms with Gasteiger partial charge in [-0.1, -0.05) is 29.8 Å². The first-order chi connectivity index (χ1) is 10.8. The second kappa shape index (κ2) is 6.85. The lowest BCUT2D eigenvalue weighted by atomic mass is 10.1. The highest BCUT2D eigenvalue weighted by molar-refractivity contribution is 5.62. The predicted octanol–water partition coefficient (Wildman–Crippen LogP) is 3.15. The molecule has 1 aromatic carbocycles. The van der Waals surface area contributed by atoms with Gasteiger partial charge in [0, 0.05) is 43.4 Å². The summed E-state index contributed by atoms with van der Waals surface area (Å²) in [7, 11) is 0. The van der Waals surface area contributed by atoms with Crippen molar-refractivity contribution in [3.8, 4) is 11.1 Å². The fraction of sp³-hybridized carbons (Fsp3) is 0.235. The van der Waals surface area contributed by atoms with Gasteiger partial charge in [-0.05, 0) is 18.9 Å². The Bertz CT molecular complexity index is 687. The molecule has 0 unspecified atom stereocenters. The molecule has 5 nitrogen and oxygen atoms in total. The Morgan fingerprint density at radius 2 is 1.82 bits per heavy atom. The fourth-order valence-electron chi connectivity index (χ4n) is 2.20. The summed E-state index contributed by atoms with van der Waals surface area (Å²) < 4.78 is 2.06. The van der Waals surface area contributed by atoms with Crippen LogP contribution in [0.5, 0.6) is 0 Å². The summed E-state index contributed by atoms with van der Waals surface area (Å²) in [6, 6.07) is 8.37. The molecule has 0 saturated heterocycles. The summed E-state index contributed by atoms with van der Waals surface area (Å²) in [6.07, 6.45) is 10.3. The normalized spacial score (nSPS) is 10.6. The van der Waals surface area contributed by atoms with Gasteiger partial charge in [-0.2, -0.15) is 0 Å². The maximum absolute atomic E-state index is 4.37. The van der Waals surface area contributed by atoms with Crippen LogP contribution in [-0.4, -0.2) is 26.1 Å². The summed E-state index contributed by atoms with van der Waals surface area (Å²) in [5, 5.41) is 3.24. The number of rotatable bonds is 6. The lowest BCUT2D eigenvalue weighted by Gasteiger charge is -2.06. The molecule has 0 saturated carbocycles. The second-order valence-corrected chi connectivity index (χ2v) is 5.24. The van der Waals surface area contributed by atoms with Gasteiger partial charge in [-0.3, -0.25) is 0 Å². The van der Waals surface area contributed by atoms with Gasteiger partial charge < -0.3 is 9.88 Å². The van der Waals surface area contributed by atoms with E-state index in [-0.39, 0.29) is 0 Å². The average molecular weight is 293 g/mol. The Balaban J connectivity index is 1.52. The van der Waals surface area contributed by atoms with E-state index in [1.807, 2.05) is 24.9 Å². The van der Waals surface area contributed by atoms with Crippen LogP contribution in [0.4, 0.5) is 5.95 Å². The molecule has 3 rings (SSSR count). The molecule has 112 valence electrons. The zero-order chi connectivity index (χ0) is 15.2. The molecular weight excluding hydrogens is 274 g/mol. The summed E-state index contributed by atoms with van der Waals surface area (Å²) >= 11 is 0. The van der Waals surface area contributed by atoms with Crippen LogP contribution < -0.4 is 5.32 Å². The lowest BCUT2D eigenvalue weighted by Crippen LogP contribution is -2.08. The Kier molecular flexibility index (Phi) is 4.44. The SMILES string of the molecule is Cc1ccc(-c2cnc(NCCCn3ccnc3)nc2)cc1. The van der Waals surface area contributed by atoms with Gasteiger partial charge >= 0.3 is 0 Å². The molecule has 2 heterocycles. The van der Waals surface area contributed by atoms with Gasteiger partial charge in [-0.25, -0.2) is 15.0 Å². The third kappa shape index (κ3) is 3.69. The van der Waals surface area contributed by atoms with Crippen LogP contribution in [0.2, 0.25) is 0 Å². The van der Waals surface area contributed by atoms with Gasteiger partial charge in [0.25, 0.3) is 0 Å². The predicted molar refractivity (Wildman–Crippen MR) is 87.5 cm³/mol. The molecule has 0 spiro atoms. The minimum atomic E-state index is 0.668. The Morgan fingerprint density at radius 3 is 2.50 bits per heavy atom. The van der Waals surface area contributed by atoms with Crippen LogP contribution in [0.3, 0.4) is 0 Å². The topological polar surface area (TPSA) is 55.6 Å². The number of aryl methyl sites for hydroxylation is 2. The smallest absolute Gasteiger partial charge is 0.222 e. The van der Waals surface area contributed by atoms with E-state index >= 15 is 0 Å². The van der Waals surface area contributed by atoms with Crippen LogP contribution in [-0.2, 0) is 6.54 Å². The average Bonchev–Trinajstić information content (AvgIpc) is 3.06. The number of hydrogen-bond donors (Lipinski definition) is 1. The summed E-state index contributed by atoms with van der Waals surface area (Å²) in [5.74, 6) is 0.668. The van der Waals surface area contributed by atoms with Crippen LogP contribution in [0.25, 0.3) is 11.1 Å². The van der Waals surface area contributed by atoms with E-state index in [0.717, 1.165) is 30.6 Å². The first-order valence-corrected chi connectivity index (χ1v) is 7.40. The molecular formula is C17H19N5. The third-order valence-electron chi connectivity index (χ3n) is 3.47. The molecule has 22 heavy (non-hydrogen) atoms. The molecule has 0 aliphatic carbocycles. The van der Waals surface area contributed by atoms with E-state index in [1.54, 1.807) is 6.20 Å². The second-order valence-electron chi connectivity index (χ2n) is 5.24. The molecule has 0 atom stereocenters. The molecule has 0 fully saturated rings. The number of anilines is 1. The minimum Gasteiger partial charge on any atom is -0.354 e. The standard InChI is InChI=1S/C17H19N5/c1-14-3-5-15(6-4-14)16-11-20-17(21-12-16)19-7-2-9-22-10-8-18-13-22/h3-6,8,10-13H,2,7,9H2,1H3,(H,19,20,21). The van der Waals surface area contributed by atoms with Crippen molar-refractivity contribution in [1.82, 2.24) is 19.5 Å². The number of nitrogens with zero attached hydrogens (tertiary/aromatic N) is 4. The lowest BCUT2D eigenvalue weighted by molar-refractivity contribution is 0.659. The number of hydrogen-bond acceptors (Lipinski definition) is 4. The molecule has 0 amide bonds. The van der Waals surface area contributed by atoms with E-state index in [2.05, 4.69) is 56.0 Å². The highest BCUT2D eigenvalue weighted by atomic mass is 15.1. The first kappa shape index (κ1) is 14.3. The Labute approximate surface area is 130 Å². The van der Waals surface area contributed by atoms with E-state index in [9.17, 15) is 0 Å². The van der Waals surface area contributed by atoms with Gasteiger partial charge in [0.1, 0.15) is 0 Å². The van der Waals surface area contributed by atoms with Crippen LogP contribution in [0.15, 0.2) is 55.4 Å². The monoisotopic (exact) mass is 293 g/mol. The number of benzene rings is 1. The van der Waals surface area contributed by atoms with Gasteiger partial charge in [0.05, 0.1) is 6.33 Å². The number of nitrogens with one attached hydrogen (secondary N) is 1. The Morgan fingerprint density at radius 1 is 1.05 bits per heavy atom. The highest BCUT2D eigenvalue weighted by Crippen LogP contribution is 2.18. The van der Waals surface area contributed by atoms with E-state index in [1.165, 1.54) is 5.56 Å². The van der Waals surface area contributed by atoms with Gasteiger partial charge in [0.15, 0.2) is 0 Å². The van der Waals surface area contributed by atoms with Crippen molar-refractivity contribution >= 4 is 5.95 Å².